The summed E-state index contributed by atoms with van der Waals surface area (Å²) >= 11 is 0. The molecule has 3 aromatic carbocycles. The van der Waals surface area contributed by atoms with Gasteiger partial charge in [0.25, 0.3) is 5.78 Å². The van der Waals surface area contributed by atoms with Crippen LogP contribution in [0.5, 0.6) is 0 Å². The largest absolute Gasteiger partial charge is 0.454 e. The van der Waals surface area contributed by atoms with Crippen molar-refractivity contribution in [3.05, 3.63) is 71.9 Å². The quantitative estimate of drug-likeness (QED) is 0.220. The normalized spacial score (nSPS) is 12.5. The predicted molar refractivity (Wildman–Crippen MR) is 97.9 cm³/mol. The van der Waals surface area contributed by atoms with Gasteiger partial charge in [0.1, 0.15) is 0 Å². The SMILES string of the molecule is O=C(c1cc2c(C(F)(F)F)nc(-c3ccccc3)nc2c2ccccc12)C(F)(F)F. The predicted octanol–water partition coefficient (Wildman–Crippen LogP) is 6.21. The van der Waals surface area contributed by atoms with Crippen molar-refractivity contribution in [1.29, 1.82) is 0 Å². The molecule has 4 aromatic rings. The Hall–Kier alpha value is -3.49. The summed E-state index contributed by atoms with van der Waals surface area (Å²) in [6.45, 7) is 0. The van der Waals surface area contributed by atoms with Crippen LogP contribution in [-0.2, 0) is 6.18 Å². The molecule has 0 amide bonds. The molecule has 0 fully saturated rings. The molecular weight excluding hydrogens is 410 g/mol. The van der Waals surface area contributed by atoms with Crippen LogP contribution in [0.3, 0.4) is 0 Å². The van der Waals surface area contributed by atoms with Crippen molar-refractivity contribution in [2.45, 2.75) is 12.4 Å². The van der Waals surface area contributed by atoms with Crippen molar-refractivity contribution in [1.82, 2.24) is 9.97 Å². The summed E-state index contributed by atoms with van der Waals surface area (Å²) in [5.41, 5.74) is -2.17. The zero-order chi connectivity index (χ0) is 21.7. The second kappa shape index (κ2) is 6.79. The lowest BCUT2D eigenvalue weighted by Gasteiger charge is -2.15. The number of halogens is 6. The first kappa shape index (κ1) is 19.8. The van der Waals surface area contributed by atoms with E-state index in [9.17, 15) is 31.1 Å². The van der Waals surface area contributed by atoms with E-state index in [0.717, 1.165) is 0 Å². The zero-order valence-electron chi connectivity index (χ0n) is 14.8. The first-order valence-electron chi connectivity index (χ1n) is 8.55. The molecule has 0 bridgehead atoms. The molecule has 152 valence electrons. The molecule has 4 rings (SSSR count). The Morgan fingerprint density at radius 3 is 1.93 bits per heavy atom. The van der Waals surface area contributed by atoms with Gasteiger partial charge in [-0.15, -0.1) is 0 Å². The summed E-state index contributed by atoms with van der Waals surface area (Å²) in [4.78, 5) is 19.7. The molecule has 0 spiro atoms. The summed E-state index contributed by atoms with van der Waals surface area (Å²) in [5, 5.41) is -0.820. The van der Waals surface area contributed by atoms with Crippen LogP contribution in [0.4, 0.5) is 26.3 Å². The summed E-state index contributed by atoms with van der Waals surface area (Å²) < 4.78 is 80.6. The van der Waals surface area contributed by atoms with Crippen molar-refractivity contribution in [2.24, 2.45) is 0 Å². The number of Topliss-reactive ketones (excluding diaryl/α,β-unsaturated/α-hetero) is 1. The minimum Gasteiger partial charge on any atom is -0.284 e. The van der Waals surface area contributed by atoms with E-state index in [1.165, 1.54) is 36.4 Å². The fourth-order valence-electron chi connectivity index (χ4n) is 3.23. The monoisotopic (exact) mass is 420 g/mol. The highest BCUT2D eigenvalue weighted by molar-refractivity contribution is 6.18. The maximum Gasteiger partial charge on any atom is 0.454 e. The van der Waals surface area contributed by atoms with Gasteiger partial charge in [0.15, 0.2) is 11.5 Å². The number of alkyl halides is 6. The molecule has 1 aromatic heterocycles. The summed E-state index contributed by atoms with van der Waals surface area (Å²) in [5.74, 6) is -2.46. The molecule has 0 aliphatic carbocycles. The average Bonchev–Trinajstić information content (AvgIpc) is 2.71. The summed E-state index contributed by atoms with van der Waals surface area (Å²) in [6, 6.07) is 13.9. The fourth-order valence-corrected chi connectivity index (χ4v) is 3.23. The third kappa shape index (κ3) is 3.36. The Bertz CT molecular complexity index is 1280. The molecule has 1 heterocycles. The molecule has 0 radical (unpaired) electrons. The molecule has 0 unspecified atom stereocenters. The van der Waals surface area contributed by atoms with Crippen LogP contribution in [0.15, 0.2) is 60.7 Å². The molecule has 0 saturated heterocycles. The van der Waals surface area contributed by atoms with Gasteiger partial charge in [-0.25, -0.2) is 9.97 Å². The third-order valence-corrected chi connectivity index (χ3v) is 4.51. The highest BCUT2D eigenvalue weighted by Gasteiger charge is 2.41. The zero-order valence-corrected chi connectivity index (χ0v) is 14.8. The molecular formula is C21H10F6N2O. The Kier molecular flexibility index (Phi) is 4.48. The lowest BCUT2D eigenvalue weighted by Crippen LogP contribution is -2.23. The number of carbonyl (C=O) groups excluding carboxylic acids is 1. The summed E-state index contributed by atoms with van der Waals surface area (Å²) in [7, 11) is 0. The first-order valence-corrected chi connectivity index (χ1v) is 8.55. The van der Waals surface area contributed by atoms with E-state index in [4.69, 9.17) is 0 Å². The van der Waals surface area contributed by atoms with Gasteiger partial charge < -0.3 is 0 Å². The van der Waals surface area contributed by atoms with Crippen LogP contribution in [-0.4, -0.2) is 21.9 Å². The lowest BCUT2D eigenvalue weighted by atomic mass is 9.96. The van der Waals surface area contributed by atoms with Gasteiger partial charge in [0.05, 0.1) is 5.52 Å². The number of benzene rings is 3. The van der Waals surface area contributed by atoms with Gasteiger partial charge in [-0.05, 0) is 11.5 Å². The van der Waals surface area contributed by atoms with E-state index >= 15 is 0 Å². The number of aromatic nitrogens is 2. The number of hydrogen-bond donors (Lipinski definition) is 0. The highest BCUT2D eigenvalue weighted by atomic mass is 19.4. The molecule has 30 heavy (non-hydrogen) atoms. The van der Waals surface area contributed by atoms with E-state index in [1.807, 2.05) is 0 Å². The Morgan fingerprint density at radius 2 is 1.33 bits per heavy atom. The van der Waals surface area contributed by atoms with Gasteiger partial charge in [-0.2, -0.15) is 26.3 Å². The van der Waals surface area contributed by atoms with Gasteiger partial charge in [-0.1, -0.05) is 54.6 Å². The molecule has 0 saturated carbocycles. The molecule has 0 N–H and O–H groups in total. The highest BCUT2D eigenvalue weighted by Crippen LogP contribution is 2.39. The van der Waals surface area contributed by atoms with E-state index in [0.29, 0.717) is 11.6 Å². The van der Waals surface area contributed by atoms with Gasteiger partial charge in [0, 0.05) is 21.9 Å². The number of rotatable bonds is 2. The second-order valence-corrected chi connectivity index (χ2v) is 6.45. The molecule has 3 nitrogen and oxygen atoms in total. The van der Waals surface area contributed by atoms with Crippen molar-refractivity contribution >= 4 is 27.5 Å². The minimum atomic E-state index is -5.25. The molecule has 0 aliphatic rings. The topological polar surface area (TPSA) is 42.9 Å². The smallest absolute Gasteiger partial charge is 0.284 e. The average molecular weight is 420 g/mol. The van der Waals surface area contributed by atoms with Crippen LogP contribution < -0.4 is 0 Å². The van der Waals surface area contributed by atoms with E-state index in [-0.39, 0.29) is 22.1 Å². The molecule has 0 atom stereocenters. The standard InChI is InChI=1S/C21H10F6N2O/c22-20(23,24)17-15-10-14(18(30)21(25,26)27)12-8-4-5-9-13(12)16(15)28-19(29-17)11-6-2-1-3-7-11/h1-10H. The number of fused-ring (bicyclic) bond motifs is 3. The minimum absolute atomic E-state index is 0.00678. The molecule has 0 aliphatic heterocycles. The molecule has 9 heteroatoms. The van der Waals surface area contributed by atoms with Crippen LogP contribution >= 0.6 is 0 Å². The van der Waals surface area contributed by atoms with E-state index in [1.54, 1.807) is 18.2 Å². The van der Waals surface area contributed by atoms with Crippen LogP contribution in [0.2, 0.25) is 0 Å². The van der Waals surface area contributed by atoms with E-state index < -0.39 is 34.8 Å². The number of hydrogen-bond acceptors (Lipinski definition) is 3. The first-order chi connectivity index (χ1) is 14.1. The van der Waals surface area contributed by atoms with E-state index in [2.05, 4.69) is 9.97 Å². The number of nitrogens with zero attached hydrogens (tertiary/aromatic N) is 2. The maximum atomic E-state index is 13.8. The lowest BCUT2D eigenvalue weighted by molar-refractivity contribution is -0.139. The van der Waals surface area contributed by atoms with Crippen molar-refractivity contribution < 1.29 is 31.1 Å². The Labute approximate surface area is 165 Å². The summed E-state index contributed by atoms with van der Waals surface area (Å²) in [6.07, 6.45) is -10.2. The Balaban J connectivity index is 2.17. The Morgan fingerprint density at radius 1 is 0.733 bits per heavy atom. The van der Waals surface area contributed by atoms with Gasteiger partial charge in [-0.3, -0.25) is 4.79 Å². The van der Waals surface area contributed by atoms with Gasteiger partial charge >= 0.3 is 12.4 Å². The van der Waals surface area contributed by atoms with Crippen molar-refractivity contribution in [3.8, 4) is 11.4 Å². The maximum absolute atomic E-state index is 13.8. The van der Waals surface area contributed by atoms with Crippen molar-refractivity contribution in [3.63, 3.8) is 0 Å². The van der Waals surface area contributed by atoms with Crippen LogP contribution in [0, 0.1) is 0 Å². The second-order valence-electron chi connectivity index (χ2n) is 6.45. The van der Waals surface area contributed by atoms with Crippen molar-refractivity contribution in [2.75, 3.05) is 0 Å². The van der Waals surface area contributed by atoms with Crippen LogP contribution in [0.1, 0.15) is 16.1 Å². The number of ketones is 1. The third-order valence-electron chi connectivity index (χ3n) is 4.51. The van der Waals surface area contributed by atoms with Gasteiger partial charge in [0.2, 0.25) is 0 Å². The van der Waals surface area contributed by atoms with Crippen LogP contribution in [0.25, 0.3) is 33.1 Å². The fraction of sp³-hybridized carbons (Fsp3) is 0.0952. The number of carbonyl (C=O) groups is 1.